The van der Waals surface area contributed by atoms with Crippen LogP contribution in [0, 0.1) is 0 Å². The third kappa shape index (κ3) is 1.49. The molecule has 7 heteroatoms. The van der Waals surface area contributed by atoms with E-state index in [-0.39, 0.29) is 11.9 Å². The molecule has 0 aromatic carbocycles. The highest BCUT2D eigenvalue weighted by molar-refractivity contribution is 5.75. The Balaban J connectivity index is 1.84. The second kappa shape index (κ2) is 3.96. The number of fused-ring (bicyclic) bond motifs is 3. The molecule has 0 bridgehead atoms. The summed E-state index contributed by atoms with van der Waals surface area (Å²) in [6.45, 7) is 1.35. The van der Waals surface area contributed by atoms with Crippen LogP contribution in [0.25, 0.3) is 16.8 Å². The molecular weight excluding hydrogens is 256 g/mol. The maximum atomic E-state index is 11.3. The van der Waals surface area contributed by atoms with Gasteiger partial charge in [0.05, 0.1) is 11.7 Å². The van der Waals surface area contributed by atoms with Crippen LogP contribution in [-0.2, 0) is 0 Å². The molecule has 1 saturated heterocycles. The van der Waals surface area contributed by atoms with Gasteiger partial charge in [-0.3, -0.25) is 4.40 Å². The van der Waals surface area contributed by atoms with E-state index in [1.807, 2.05) is 18.5 Å². The molecule has 20 heavy (non-hydrogen) atoms. The van der Waals surface area contributed by atoms with Crippen molar-refractivity contribution in [2.45, 2.75) is 12.3 Å². The highest BCUT2D eigenvalue weighted by Gasteiger charge is 2.28. The van der Waals surface area contributed by atoms with Crippen LogP contribution >= 0.6 is 0 Å². The van der Waals surface area contributed by atoms with Crippen molar-refractivity contribution in [1.82, 2.24) is 24.3 Å². The van der Waals surface area contributed by atoms with Gasteiger partial charge in [-0.1, -0.05) is 0 Å². The van der Waals surface area contributed by atoms with Gasteiger partial charge in [-0.15, -0.1) is 0 Å². The average Bonchev–Trinajstić information content (AvgIpc) is 3.16. The largest absolute Gasteiger partial charge is 0.351 e. The lowest BCUT2D eigenvalue weighted by atomic mass is 10.1. The van der Waals surface area contributed by atoms with Crippen LogP contribution in [0.2, 0.25) is 0 Å². The third-order valence-electron chi connectivity index (χ3n) is 3.99. The summed E-state index contributed by atoms with van der Waals surface area (Å²) in [5, 5.41) is 0. The predicted octanol–water partition coefficient (Wildman–Crippen LogP) is 1.08. The van der Waals surface area contributed by atoms with Gasteiger partial charge in [-0.25, -0.2) is 14.8 Å². The second-order valence-corrected chi connectivity index (χ2v) is 5.12. The van der Waals surface area contributed by atoms with Gasteiger partial charge in [-0.05, 0) is 12.5 Å². The Morgan fingerprint density at radius 1 is 1.40 bits per heavy atom. The number of hydrogen-bond donors (Lipinski definition) is 2. The van der Waals surface area contributed by atoms with Crippen LogP contribution in [0.3, 0.4) is 0 Å². The first-order valence-corrected chi connectivity index (χ1v) is 6.58. The van der Waals surface area contributed by atoms with E-state index < -0.39 is 0 Å². The fraction of sp³-hybridized carbons (Fsp3) is 0.308. The number of aromatic amines is 1. The Morgan fingerprint density at radius 3 is 3.10 bits per heavy atom. The first kappa shape index (κ1) is 11.3. The zero-order valence-corrected chi connectivity index (χ0v) is 10.8. The molecule has 0 spiro atoms. The standard InChI is InChI=1S/C13H14N6O/c14-13(20)18-4-2-8(7-18)10-5-16-11-6-17-12-9(19(10)11)1-3-15-12/h1,3,5-6,8,15H,2,4,7H2,(H2,14,20). The Kier molecular flexibility index (Phi) is 2.23. The van der Waals surface area contributed by atoms with Crippen molar-refractivity contribution < 1.29 is 4.79 Å². The number of imidazole rings is 1. The number of rotatable bonds is 1. The summed E-state index contributed by atoms with van der Waals surface area (Å²) in [5.74, 6) is 0.262. The fourth-order valence-electron chi connectivity index (χ4n) is 2.98. The molecule has 3 aromatic heterocycles. The summed E-state index contributed by atoms with van der Waals surface area (Å²) in [6, 6.07) is 1.64. The summed E-state index contributed by atoms with van der Waals surface area (Å²) in [5.41, 5.74) is 9.12. The molecule has 0 saturated carbocycles. The average molecular weight is 270 g/mol. The van der Waals surface area contributed by atoms with Crippen molar-refractivity contribution in [1.29, 1.82) is 0 Å². The second-order valence-electron chi connectivity index (χ2n) is 5.12. The van der Waals surface area contributed by atoms with Gasteiger partial charge in [0.15, 0.2) is 11.3 Å². The Morgan fingerprint density at radius 2 is 2.30 bits per heavy atom. The van der Waals surface area contributed by atoms with Crippen molar-refractivity contribution in [2.75, 3.05) is 13.1 Å². The number of hydrogen-bond acceptors (Lipinski definition) is 3. The van der Waals surface area contributed by atoms with E-state index in [4.69, 9.17) is 5.73 Å². The quantitative estimate of drug-likeness (QED) is 0.693. The molecule has 4 heterocycles. The number of nitrogens with one attached hydrogen (secondary N) is 1. The maximum absolute atomic E-state index is 11.3. The summed E-state index contributed by atoms with van der Waals surface area (Å²) in [4.78, 5) is 24.8. The van der Waals surface area contributed by atoms with Crippen LogP contribution in [0.5, 0.6) is 0 Å². The van der Waals surface area contributed by atoms with Crippen molar-refractivity contribution in [3.05, 3.63) is 30.4 Å². The van der Waals surface area contributed by atoms with Gasteiger partial charge in [0.2, 0.25) is 0 Å². The van der Waals surface area contributed by atoms with E-state index in [2.05, 4.69) is 19.4 Å². The Hall–Kier alpha value is -2.57. The molecule has 1 aliphatic heterocycles. The number of carbonyl (C=O) groups excluding carboxylic acids is 1. The zero-order chi connectivity index (χ0) is 13.7. The lowest BCUT2D eigenvalue weighted by Gasteiger charge is -2.13. The third-order valence-corrected chi connectivity index (χ3v) is 3.99. The van der Waals surface area contributed by atoms with E-state index >= 15 is 0 Å². The SMILES string of the molecule is NC(=O)N1CCC(c2cnc3cnc4[nH]ccc4n23)C1. The van der Waals surface area contributed by atoms with Gasteiger partial charge in [0.1, 0.15) is 0 Å². The van der Waals surface area contributed by atoms with E-state index in [1.54, 1.807) is 11.1 Å². The monoisotopic (exact) mass is 270 g/mol. The molecule has 7 nitrogen and oxygen atoms in total. The highest BCUT2D eigenvalue weighted by atomic mass is 16.2. The van der Waals surface area contributed by atoms with Crippen LogP contribution in [0.1, 0.15) is 18.0 Å². The van der Waals surface area contributed by atoms with E-state index in [9.17, 15) is 4.79 Å². The first-order valence-electron chi connectivity index (χ1n) is 6.58. The van der Waals surface area contributed by atoms with E-state index in [1.165, 1.54) is 0 Å². The number of nitrogens with zero attached hydrogens (tertiary/aromatic N) is 4. The number of primary amides is 1. The van der Waals surface area contributed by atoms with Gasteiger partial charge in [0.25, 0.3) is 0 Å². The molecule has 1 unspecified atom stereocenters. The van der Waals surface area contributed by atoms with Gasteiger partial charge >= 0.3 is 6.03 Å². The summed E-state index contributed by atoms with van der Waals surface area (Å²) in [7, 11) is 0. The molecule has 102 valence electrons. The molecule has 0 radical (unpaired) electrons. The fourth-order valence-corrected chi connectivity index (χ4v) is 2.98. The van der Waals surface area contributed by atoms with Gasteiger partial charge < -0.3 is 15.6 Å². The Bertz CT molecular complexity index is 804. The van der Waals surface area contributed by atoms with Crippen LogP contribution in [0.15, 0.2) is 24.7 Å². The van der Waals surface area contributed by atoms with Crippen molar-refractivity contribution in [2.24, 2.45) is 5.73 Å². The molecule has 1 fully saturated rings. The topological polar surface area (TPSA) is 92.3 Å². The van der Waals surface area contributed by atoms with Gasteiger partial charge in [0, 0.05) is 37.1 Å². The van der Waals surface area contributed by atoms with Crippen molar-refractivity contribution >= 4 is 22.8 Å². The number of urea groups is 1. The van der Waals surface area contributed by atoms with Crippen molar-refractivity contribution in [3.8, 4) is 0 Å². The molecule has 0 aliphatic carbocycles. The number of aromatic nitrogens is 4. The van der Waals surface area contributed by atoms with Crippen LogP contribution in [-0.4, -0.2) is 43.4 Å². The Labute approximate surface area is 114 Å². The molecule has 4 rings (SSSR count). The number of H-pyrrole nitrogens is 1. The van der Waals surface area contributed by atoms with Crippen molar-refractivity contribution in [3.63, 3.8) is 0 Å². The number of carbonyl (C=O) groups is 1. The lowest BCUT2D eigenvalue weighted by Crippen LogP contribution is -2.33. The van der Waals surface area contributed by atoms with Gasteiger partial charge in [-0.2, -0.15) is 0 Å². The van der Waals surface area contributed by atoms with Crippen LogP contribution < -0.4 is 5.73 Å². The molecule has 3 N–H and O–H groups in total. The normalized spacial score (nSPS) is 19.2. The minimum absolute atomic E-state index is 0.262. The zero-order valence-electron chi connectivity index (χ0n) is 10.8. The van der Waals surface area contributed by atoms with E-state index in [0.29, 0.717) is 13.1 Å². The first-order chi connectivity index (χ1) is 9.74. The molecular formula is C13H14N6O. The molecule has 1 aliphatic rings. The minimum Gasteiger partial charge on any atom is -0.351 e. The predicted molar refractivity (Wildman–Crippen MR) is 73.4 cm³/mol. The number of likely N-dealkylation sites (tertiary alicyclic amines) is 1. The van der Waals surface area contributed by atoms with E-state index in [0.717, 1.165) is 28.9 Å². The summed E-state index contributed by atoms with van der Waals surface area (Å²) < 4.78 is 2.11. The summed E-state index contributed by atoms with van der Waals surface area (Å²) >= 11 is 0. The minimum atomic E-state index is -0.352. The number of amides is 2. The number of nitrogens with two attached hydrogens (primary N) is 1. The maximum Gasteiger partial charge on any atom is 0.314 e. The molecule has 3 aromatic rings. The molecule has 2 amide bonds. The lowest BCUT2D eigenvalue weighted by molar-refractivity contribution is 0.218. The smallest absolute Gasteiger partial charge is 0.314 e. The molecule has 1 atom stereocenters. The highest BCUT2D eigenvalue weighted by Crippen LogP contribution is 2.29. The van der Waals surface area contributed by atoms with Crippen LogP contribution in [0.4, 0.5) is 4.79 Å². The summed E-state index contributed by atoms with van der Waals surface area (Å²) in [6.07, 6.45) is 6.40.